The van der Waals surface area contributed by atoms with Crippen molar-refractivity contribution in [2.24, 2.45) is 11.3 Å². The van der Waals surface area contributed by atoms with Crippen LogP contribution in [0.25, 0.3) is 22.9 Å². The van der Waals surface area contributed by atoms with E-state index in [2.05, 4.69) is 9.97 Å². The minimum atomic E-state index is -0.474. The minimum Gasteiger partial charge on any atom is -0.441 e. The molecule has 10 heteroatoms. The number of benzene rings is 2. The zero-order chi connectivity index (χ0) is 25.6. The van der Waals surface area contributed by atoms with Gasteiger partial charge in [0, 0.05) is 29.3 Å². The molecule has 1 spiro atoms. The lowest BCUT2D eigenvalue weighted by atomic mass is 9.75. The van der Waals surface area contributed by atoms with E-state index in [0.29, 0.717) is 42.9 Å². The zero-order valence-corrected chi connectivity index (χ0v) is 20.3. The van der Waals surface area contributed by atoms with Crippen molar-refractivity contribution in [2.75, 3.05) is 26.4 Å². The Morgan fingerprint density at radius 2 is 2.03 bits per heavy atom. The predicted octanol–water partition coefficient (Wildman–Crippen LogP) is 3.72. The molecule has 2 saturated heterocycles. The molecule has 0 saturated carbocycles. The fourth-order valence-electron chi connectivity index (χ4n) is 5.26. The number of halogens is 1. The largest absolute Gasteiger partial charge is 0.441 e. The second kappa shape index (κ2) is 9.22. The quantitative estimate of drug-likeness (QED) is 0.316. The van der Waals surface area contributed by atoms with Crippen LogP contribution in [0.2, 0.25) is 0 Å². The third-order valence-electron chi connectivity index (χ3n) is 7.12. The van der Waals surface area contributed by atoms with Gasteiger partial charge in [-0.2, -0.15) is 0 Å². The number of hydrogen-bond donors (Lipinski definition) is 1. The highest BCUT2D eigenvalue weighted by molar-refractivity contribution is 6.01. The molecular formula is C27H26FN5O4. The second-order valence-corrected chi connectivity index (χ2v) is 9.80. The van der Waals surface area contributed by atoms with E-state index >= 15 is 0 Å². The first-order valence-electron chi connectivity index (χ1n) is 12.0. The first-order valence-corrected chi connectivity index (χ1v) is 12.0. The lowest BCUT2D eigenvalue weighted by molar-refractivity contribution is -0.162. The molecule has 0 bridgehead atoms. The van der Waals surface area contributed by atoms with Gasteiger partial charge < -0.3 is 23.5 Å². The van der Waals surface area contributed by atoms with Gasteiger partial charge in [-0.15, -0.1) is 0 Å². The van der Waals surface area contributed by atoms with Crippen LogP contribution in [0.5, 0.6) is 0 Å². The fraction of sp³-hybridized carbons (Fsp3) is 0.296. The number of imidazole rings is 1. The Hall–Kier alpha value is -3.86. The summed E-state index contributed by atoms with van der Waals surface area (Å²) in [6, 6.07) is 9.44. The van der Waals surface area contributed by atoms with Gasteiger partial charge in [0.2, 0.25) is 5.91 Å². The monoisotopic (exact) mass is 503 g/mol. The van der Waals surface area contributed by atoms with Crippen molar-refractivity contribution in [3.63, 3.8) is 0 Å². The Morgan fingerprint density at radius 3 is 2.70 bits per heavy atom. The number of piperidine rings is 1. The highest BCUT2D eigenvalue weighted by Crippen LogP contribution is 2.43. The third-order valence-corrected chi connectivity index (χ3v) is 7.12. The zero-order valence-electron chi connectivity index (χ0n) is 20.3. The van der Waals surface area contributed by atoms with Crippen molar-refractivity contribution in [1.29, 1.82) is 0 Å². The van der Waals surface area contributed by atoms with Crippen molar-refractivity contribution < 1.29 is 23.2 Å². The van der Waals surface area contributed by atoms with Crippen LogP contribution >= 0.6 is 0 Å². The van der Waals surface area contributed by atoms with E-state index in [4.69, 9.17) is 19.9 Å². The number of likely N-dealkylation sites (tertiary alicyclic amines) is 1. The van der Waals surface area contributed by atoms with Crippen molar-refractivity contribution in [3.8, 4) is 5.69 Å². The lowest BCUT2D eigenvalue weighted by Gasteiger charge is -2.50. The van der Waals surface area contributed by atoms with E-state index in [-0.39, 0.29) is 23.7 Å². The van der Waals surface area contributed by atoms with Crippen molar-refractivity contribution in [3.05, 3.63) is 83.5 Å². The SMILES string of the molecule is Cc1cn(-c2ccc(/C=C3\CC4(COC4)CN(C(CON)c4ccc(F)cc4)C3=O)c3ncoc23)cn1. The number of nitrogens with zero attached hydrogens (tertiary/aromatic N) is 4. The summed E-state index contributed by atoms with van der Waals surface area (Å²) >= 11 is 0. The summed E-state index contributed by atoms with van der Waals surface area (Å²) in [5.41, 5.74) is 4.91. The normalized spacial score (nSPS) is 19.1. The lowest BCUT2D eigenvalue weighted by Crippen LogP contribution is -2.58. The molecule has 2 fully saturated rings. The van der Waals surface area contributed by atoms with E-state index in [1.54, 1.807) is 23.4 Å². The van der Waals surface area contributed by atoms with Gasteiger partial charge >= 0.3 is 0 Å². The average Bonchev–Trinajstić information content (AvgIpc) is 3.54. The van der Waals surface area contributed by atoms with Crippen LogP contribution in [0, 0.1) is 18.2 Å². The maximum atomic E-state index is 13.9. The number of rotatable bonds is 6. The Morgan fingerprint density at radius 1 is 1.22 bits per heavy atom. The Balaban J connectivity index is 1.40. The predicted molar refractivity (Wildman–Crippen MR) is 133 cm³/mol. The van der Waals surface area contributed by atoms with Crippen LogP contribution in [0.3, 0.4) is 0 Å². The van der Waals surface area contributed by atoms with Gasteiger partial charge in [0.05, 0.1) is 43.6 Å². The molecule has 1 unspecified atom stereocenters. The molecule has 9 nitrogen and oxygen atoms in total. The van der Waals surface area contributed by atoms with Crippen LogP contribution in [0.4, 0.5) is 4.39 Å². The maximum Gasteiger partial charge on any atom is 0.250 e. The number of nitrogens with two attached hydrogens (primary N) is 1. The van der Waals surface area contributed by atoms with E-state index in [9.17, 15) is 9.18 Å². The van der Waals surface area contributed by atoms with E-state index in [1.165, 1.54) is 18.5 Å². The van der Waals surface area contributed by atoms with E-state index in [1.807, 2.05) is 35.9 Å². The molecule has 2 aliphatic rings. The summed E-state index contributed by atoms with van der Waals surface area (Å²) in [6.07, 6.45) is 7.49. The molecule has 2 aliphatic heterocycles. The summed E-state index contributed by atoms with van der Waals surface area (Å²) in [4.78, 5) is 29.4. The Kier molecular flexibility index (Phi) is 5.86. The summed E-state index contributed by atoms with van der Waals surface area (Å²) in [6.45, 7) is 3.58. The number of ether oxygens (including phenoxy) is 1. The molecular weight excluding hydrogens is 477 g/mol. The first-order chi connectivity index (χ1) is 18.0. The van der Waals surface area contributed by atoms with Crippen molar-refractivity contribution in [2.45, 2.75) is 19.4 Å². The average molecular weight is 504 g/mol. The number of aryl methyl sites for hydroxylation is 1. The third kappa shape index (κ3) is 4.22. The smallest absolute Gasteiger partial charge is 0.250 e. The number of fused-ring (bicyclic) bond motifs is 1. The van der Waals surface area contributed by atoms with Gasteiger partial charge in [0.25, 0.3) is 0 Å². The molecule has 2 N–H and O–H groups in total. The van der Waals surface area contributed by atoms with Crippen molar-refractivity contribution in [1.82, 2.24) is 19.4 Å². The summed E-state index contributed by atoms with van der Waals surface area (Å²) in [7, 11) is 0. The molecule has 1 amide bonds. The van der Waals surface area contributed by atoms with Gasteiger partial charge in [0.15, 0.2) is 12.0 Å². The van der Waals surface area contributed by atoms with Gasteiger partial charge in [-0.25, -0.2) is 20.3 Å². The highest BCUT2D eigenvalue weighted by atomic mass is 19.1. The fourth-order valence-corrected chi connectivity index (χ4v) is 5.26. The molecule has 0 radical (unpaired) electrons. The van der Waals surface area contributed by atoms with Crippen molar-refractivity contribution >= 4 is 23.1 Å². The molecule has 37 heavy (non-hydrogen) atoms. The second-order valence-electron chi connectivity index (χ2n) is 9.80. The van der Waals surface area contributed by atoms with Crippen LogP contribution in [-0.2, 0) is 14.4 Å². The van der Waals surface area contributed by atoms with Crippen LogP contribution < -0.4 is 5.90 Å². The molecule has 1 atom stereocenters. The molecule has 4 heterocycles. The molecule has 6 rings (SSSR count). The molecule has 0 aliphatic carbocycles. The first kappa shape index (κ1) is 23.5. The van der Waals surface area contributed by atoms with Gasteiger partial charge in [0.1, 0.15) is 11.3 Å². The molecule has 4 aromatic rings. The topological polar surface area (TPSA) is 109 Å². The molecule has 190 valence electrons. The molecule has 2 aromatic heterocycles. The van der Waals surface area contributed by atoms with Crippen LogP contribution in [-0.4, -0.2) is 51.7 Å². The summed E-state index contributed by atoms with van der Waals surface area (Å²) < 4.78 is 26.8. The number of oxazole rings is 1. The van der Waals surface area contributed by atoms with Crippen LogP contribution in [0.15, 0.2) is 65.3 Å². The summed E-state index contributed by atoms with van der Waals surface area (Å²) in [5, 5.41) is 0. The minimum absolute atomic E-state index is 0.0775. The van der Waals surface area contributed by atoms with Gasteiger partial charge in [-0.3, -0.25) is 4.79 Å². The Labute approximate surface area is 212 Å². The number of hydrogen-bond acceptors (Lipinski definition) is 7. The van der Waals surface area contributed by atoms with Gasteiger partial charge in [-0.05, 0) is 43.2 Å². The number of carbonyl (C=O) groups excluding carboxylic acids is 1. The van der Waals surface area contributed by atoms with E-state index < -0.39 is 6.04 Å². The molecule has 2 aromatic carbocycles. The highest BCUT2D eigenvalue weighted by Gasteiger charge is 2.48. The summed E-state index contributed by atoms with van der Waals surface area (Å²) in [5.74, 6) is 4.98. The Bertz CT molecular complexity index is 1490. The number of aromatic nitrogens is 3. The standard InChI is InChI=1S/C27H26FN5O4/c1-17-10-32(15-30-17)22-7-4-19(24-25(22)36-16-31-24)8-20-9-27(13-35-14-27)12-33(26(20)34)23(11-37-29)18-2-5-21(28)6-3-18/h2-8,10,15-16,23H,9,11-14,29H2,1H3/b20-8+. The number of carbonyl (C=O) groups is 1. The van der Waals surface area contributed by atoms with E-state index in [0.717, 1.165) is 22.5 Å². The van der Waals surface area contributed by atoms with Gasteiger partial charge in [-0.1, -0.05) is 18.2 Å². The maximum absolute atomic E-state index is 13.9. The van der Waals surface area contributed by atoms with Crippen LogP contribution in [0.1, 0.15) is 29.3 Å². The number of amides is 1.